The number of imide groups is 1. The standard InChI is InChI=1S/C26H33N5O5/c1-6-36-22(33)20-16(3)27-17-9-7-8-10-18(17)28-21(20)29-19(32)13-31-23(34)26(30-24(31)35)12-15(2)11-25(4,5)14-26/h7-10,15,27H,6,11-14H2,1-5H3,(H,30,35)(H,28,29,32). The number of nitrogens with zero attached hydrogens (tertiary/aromatic N) is 2. The van der Waals surface area contributed by atoms with Gasteiger partial charge in [0.1, 0.15) is 23.5 Å². The molecule has 2 atom stereocenters. The lowest BCUT2D eigenvalue weighted by Crippen LogP contribution is -2.54. The largest absolute Gasteiger partial charge is 0.462 e. The Kier molecular flexibility index (Phi) is 6.64. The molecule has 3 N–H and O–H groups in total. The van der Waals surface area contributed by atoms with Crippen molar-refractivity contribution in [1.29, 1.82) is 0 Å². The SMILES string of the molecule is CCOC(=O)C1=C(C)Nc2ccccc2N=C1NC(=O)CN1C(=O)NC2(CC(C)CC(C)(C)C2)C1=O. The molecule has 2 aliphatic heterocycles. The minimum absolute atomic E-state index is 0.0115. The number of hydrogen-bond donors (Lipinski definition) is 3. The molecular formula is C26H33N5O5. The number of esters is 1. The highest BCUT2D eigenvalue weighted by Crippen LogP contribution is 2.46. The number of amides is 4. The summed E-state index contributed by atoms with van der Waals surface area (Å²) in [5.41, 5.74) is 0.562. The Balaban J connectivity index is 1.58. The molecule has 1 aromatic rings. The number of rotatable bonds is 4. The molecule has 1 aromatic carbocycles. The highest BCUT2D eigenvalue weighted by Gasteiger charge is 2.56. The fraction of sp³-hybridized carbons (Fsp3) is 0.500. The highest BCUT2D eigenvalue weighted by molar-refractivity contribution is 6.25. The lowest BCUT2D eigenvalue weighted by molar-refractivity contribution is -0.138. The van der Waals surface area contributed by atoms with Crippen molar-refractivity contribution in [2.45, 2.75) is 59.4 Å². The van der Waals surface area contributed by atoms with Gasteiger partial charge in [-0.1, -0.05) is 32.9 Å². The van der Waals surface area contributed by atoms with Crippen molar-refractivity contribution in [3.63, 3.8) is 0 Å². The van der Waals surface area contributed by atoms with Crippen molar-refractivity contribution in [2.24, 2.45) is 16.3 Å². The third-order valence-electron chi connectivity index (χ3n) is 6.73. The van der Waals surface area contributed by atoms with Crippen molar-refractivity contribution in [3.05, 3.63) is 35.5 Å². The first kappa shape index (κ1) is 25.4. The van der Waals surface area contributed by atoms with Gasteiger partial charge in [0, 0.05) is 5.70 Å². The Hall–Kier alpha value is -3.69. The molecule has 1 saturated heterocycles. The molecule has 0 aromatic heterocycles. The zero-order valence-electron chi connectivity index (χ0n) is 21.4. The summed E-state index contributed by atoms with van der Waals surface area (Å²) in [6.07, 6.45) is 2.00. The normalized spacial score (nSPS) is 25.0. The van der Waals surface area contributed by atoms with Gasteiger partial charge >= 0.3 is 12.0 Å². The molecule has 10 heteroatoms. The van der Waals surface area contributed by atoms with Crippen molar-refractivity contribution < 1.29 is 23.9 Å². The fourth-order valence-electron chi connectivity index (χ4n) is 5.80. The van der Waals surface area contributed by atoms with Gasteiger partial charge in [0.15, 0.2) is 0 Å². The van der Waals surface area contributed by atoms with Crippen LogP contribution in [0.2, 0.25) is 0 Å². The van der Waals surface area contributed by atoms with E-state index in [0.717, 1.165) is 11.3 Å². The molecule has 1 saturated carbocycles. The van der Waals surface area contributed by atoms with Crippen LogP contribution >= 0.6 is 0 Å². The van der Waals surface area contributed by atoms with Gasteiger partial charge < -0.3 is 20.7 Å². The average molecular weight is 496 g/mol. The number of benzene rings is 1. The van der Waals surface area contributed by atoms with Crippen LogP contribution in [0.3, 0.4) is 0 Å². The van der Waals surface area contributed by atoms with Crippen molar-refractivity contribution in [1.82, 2.24) is 15.5 Å². The lowest BCUT2D eigenvalue weighted by Gasteiger charge is -2.43. The quantitative estimate of drug-likeness (QED) is 0.434. The van der Waals surface area contributed by atoms with E-state index in [0.29, 0.717) is 29.9 Å². The Morgan fingerprint density at radius 2 is 1.94 bits per heavy atom. The van der Waals surface area contributed by atoms with E-state index in [-0.39, 0.29) is 29.3 Å². The van der Waals surface area contributed by atoms with Gasteiger partial charge in [-0.05, 0) is 56.6 Å². The van der Waals surface area contributed by atoms with Gasteiger partial charge in [0.05, 0.1) is 18.0 Å². The summed E-state index contributed by atoms with van der Waals surface area (Å²) in [6, 6.07) is 6.56. The zero-order valence-corrected chi connectivity index (χ0v) is 21.4. The molecule has 192 valence electrons. The number of carbonyl (C=O) groups excluding carboxylic acids is 4. The number of anilines is 1. The molecule has 0 bridgehead atoms. The average Bonchev–Trinajstić information content (AvgIpc) is 2.89. The highest BCUT2D eigenvalue weighted by atomic mass is 16.5. The Morgan fingerprint density at radius 3 is 2.64 bits per heavy atom. The summed E-state index contributed by atoms with van der Waals surface area (Å²) in [5.74, 6) is -1.45. The van der Waals surface area contributed by atoms with Crippen LogP contribution in [0.4, 0.5) is 16.2 Å². The maximum atomic E-state index is 13.4. The van der Waals surface area contributed by atoms with Crippen LogP contribution in [-0.4, -0.2) is 53.2 Å². The molecule has 4 amide bonds. The van der Waals surface area contributed by atoms with E-state index < -0.39 is 35.9 Å². The smallest absolute Gasteiger partial charge is 0.343 e. The molecule has 2 heterocycles. The molecule has 2 fully saturated rings. The molecule has 4 rings (SSSR count). The summed E-state index contributed by atoms with van der Waals surface area (Å²) in [7, 11) is 0. The van der Waals surface area contributed by atoms with Gasteiger partial charge in [-0.15, -0.1) is 0 Å². The number of amidine groups is 1. The first-order valence-corrected chi connectivity index (χ1v) is 12.2. The predicted octanol–water partition coefficient (Wildman–Crippen LogP) is 3.23. The second kappa shape index (κ2) is 9.40. The monoisotopic (exact) mass is 495 g/mol. The number of para-hydroxylation sites is 2. The van der Waals surface area contributed by atoms with E-state index in [2.05, 4.69) is 41.7 Å². The number of aliphatic imine (C=N–C) groups is 1. The molecule has 10 nitrogen and oxygen atoms in total. The Bertz CT molecular complexity index is 1190. The molecule has 2 unspecified atom stereocenters. The van der Waals surface area contributed by atoms with E-state index in [1.807, 2.05) is 6.07 Å². The van der Waals surface area contributed by atoms with Gasteiger partial charge in [0.2, 0.25) is 5.91 Å². The number of allylic oxidation sites excluding steroid dienone is 1. The summed E-state index contributed by atoms with van der Waals surface area (Å²) in [4.78, 5) is 57.6. The zero-order chi connectivity index (χ0) is 26.3. The molecular weight excluding hydrogens is 462 g/mol. The van der Waals surface area contributed by atoms with Gasteiger partial charge in [-0.25, -0.2) is 14.6 Å². The Labute approximate surface area is 210 Å². The van der Waals surface area contributed by atoms with E-state index in [4.69, 9.17) is 4.74 Å². The van der Waals surface area contributed by atoms with Crippen molar-refractivity contribution in [3.8, 4) is 0 Å². The van der Waals surface area contributed by atoms with E-state index in [9.17, 15) is 19.2 Å². The van der Waals surface area contributed by atoms with Crippen LogP contribution in [-0.2, 0) is 19.1 Å². The number of fused-ring (bicyclic) bond motifs is 1. The molecule has 0 radical (unpaired) electrons. The van der Waals surface area contributed by atoms with Gasteiger partial charge in [-0.3, -0.25) is 14.5 Å². The van der Waals surface area contributed by atoms with E-state index in [1.54, 1.807) is 32.0 Å². The maximum Gasteiger partial charge on any atom is 0.343 e. The predicted molar refractivity (Wildman–Crippen MR) is 134 cm³/mol. The van der Waals surface area contributed by atoms with Gasteiger partial charge in [0.25, 0.3) is 5.91 Å². The third-order valence-corrected chi connectivity index (χ3v) is 6.73. The fourth-order valence-corrected chi connectivity index (χ4v) is 5.80. The third kappa shape index (κ3) is 4.84. The minimum atomic E-state index is -1.01. The summed E-state index contributed by atoms with van der Waals surface area (Å²) in [6.45, 7) is 9.25. The van der Waals surface area contributed by atoms with E-state index in [1.165, 1.54) is 0 Å². The second-order valence-corrected chi connectivity index (χ2v) is 10.6. The topological polar surface area (TPSA) is 129 Å². The molecule has 1 spiro atoms. The molecule has 36 heavy (non-hydrogen) atoms. The Morgan fingerprint density at radius 1 is 1.22 bits per heavy atom. The maximum absolute atomic E-state index is 13.4. The van der Waals surface area contributed by atoms with Crippen molar-refractivity contribution in [2.75, 3.05) is 18.5 Å². The molecule has 3 aliphatic rings. The lowest BCUT2D eigenvalue weighted by atomic mass is 9.64. The van der Waals surface area contributed by atoms with E-state index >= 15 is 0 Å². The van der Waals surface area contributed by atoms with Crippen LogP contribution in [0.5, 0.6) is 0 Å². The first-order valence-electron chi connectivity index (χ1n) is 12.2. The summed E-state index contributed by atoms with van der Waals surface area (Å²) in [5, 5.41) is 8.65. The number of urea groups is 1. The second-order valence-electron chi connectivity index (χ2n) is 10.6. The van der Waals surface area contributed by atoms with Crippen LogP contribution in [0.1, 0.15) is 53.9 Å². The summed E-state index contributed by atoms with van der Waals surface area (Å²) < 4.78 is 5.19. The van der Waals surface area contributed by atoms with Crippen LogP contribution in [0.15, 0.2) is 40.5 Å². The number of nitrogens with one attached hydrogen (secondary N) is 3. The summed E-state index contributed by atoms with van der Waals surface area (Å²) >= 11 is 0. The minimum Gasteiger partial charge on any atom is -0.462 e. The van der Waals surface area contributed by atoms with Crippen molar-refractivity contribution >= 4 is 41.0 Å². The number of ether oxygens (including phenoxy) is 1. The number of carbonyl (C=O) groups is 4. The van der Waals surface area contributed by atoms with Crippen LogP contribution < -0.4 is 16.0 Å². The van der Waals surface area contributed by atoms with Crippen LogP contribution in [0.25, 0.3) is 0 Å². The number of hydrogen-bond acceptors (Lipinski definition) is 7. The van der Waals surface area contributed by atoms with Crippen LogP contribution in [0, 0.1) is 11.3 Å². The van der Waals surface area contributed by atoms with Gasteiger partial charge in [-0.2, -0.15) is 0 Å². The first-order chi connectivity index (χ1) is 16.9. The molecule has 1 aliphatic carbocycles.